The zero-order valence-corrected chi connectivity index (χ0v) is 17.7. The van der Waals surface area contributed by atoms with Gasteiger partial charge in [-0.25, -0.2) is 4.98 Å². The predicted molar refractivity (Wildman–Crippen MR) is 114 cm³/mol. The summed E-state index contributed by atoms with van der Waals surface area (Å²) in [5.74, 6) is 1.58. The molecule has 1 aliphatic rings. The first-order valence-corrected chi connectivity index (χ1v) is 10.5. The highest BCUT2D eigenvalue weighted by molar-refractivity contribution is 6.32. The molecule has 2 rings (SSSR count). The molecule has 7 nitrogen and oxygen atoms in total. The van der Waals surface area contributed by atoms with Gasteiger partial charge >= 0.3 is 5.97 Å². The molecule has 156 valence electrons. The van der Waals surface area contributed by atoms with Gasteiger partial charge < -0.3 is 20.3 Å². The van der Waals surface area contributed by atoms with Crippen molar-refractivity contribution in [3.63, 3.8) is 0 Å². The van der Waals surface area contributed by atoms with Crippen LogP contribution in [0.1, 0.15) is 45.4 Å². The molecule has 1 aliphatic heterocycles. The molecule has 0 spiro atoms. The molecule has 0 bridgehead atoms. The van der Waals surface area contributed by atoms with Crippen LogP contribution in [0.3, 0.4) is 0 Å². The Kier molecular flexibility index (Phi) is 9.90. The number of hydrogen-bond acceptors (Lipinski definition) is 5. The second-order valence-electron chi connectivity index (χ2n) is 6.85. The highest BCUT2D eigenvalue weighted by Gasteiger charge is 2.25. The van der Waals surface area contributed by atoms with Gasteiger partial charge in [0.15, 0.2) is 5.96 Å². The standard InChI is InChI=1S/C20H32ClN5O2/c1-3-28-18(27)10-6-4-5-7-12-24-20(22-2)25-16-11-14-26(15-16)19-17(21)9-8-13-23-19/h8-9,13,16H,3-7,10-12,14-15H2,1-2H3,(H2,22,24,25). The predicted octanol–water partition coefficient (Wildman–Crippen LogP) is 2.99. The van der Waals surface area contributed by atoms with Gasteiger partial charge in [-0.1, -0.05) is 24.4 Å². The molecule has 0 saturated carbocycles. The summed E-state index contributed by atoms with van der Waals surface area (Å²) in [5, 5.41) is 7.54. The molecule has 1 fully saturated rings. The lowest BCUT2D eigenvalue weighted by Crippen LogP contribution is -2.44. The maximum absolute atomic E-state index is 11.3. The van der Waals surface area contributed by atoms with Crippen molar-refractivity contribution in [3.05, 3.63) is 23.4 Å². The van der Waals surface area contributed by atoms with E-state index in [0.29, 0.717) is 24.1 Å². The first kappa shape index (κ1) is 22.3. The Hall–Kier alpha value is -2.02. The normalized spacial score (nSPS) is 16.9. The molecule has 8 heteroatoms. The third-order valence-electron chi connectivity index (χ3n) is 4.70. The van der Waals surface area contributed by atoms with Crippen molar-refractivity contribution < 1.29 is 9.53 Å². The van der Waals surface area contributed by atoms with Gasteiger partial charge in [0, 0.05) is 45.3 Å². The van der Waals surface area contributed by atoms with Crippen molar-refractivity contribution in [3.8, 4) is 0 Å². The third-order valence-corrected chi connectivity index (χ3v) is 4.99. The summed E-state index contributed by atoms with van der Waals surface area (Å²) in [6.45, 7) is 4.93. The molecular formula is C20H32ClN5O2. The van der Waals surface area contributed by atoms with Gasteiger partial charge in [0.05, 0.1) is 11.6 Å². The van der Waals surface area contributed by atoms with E-state index < -0.39 is 0 Å². The average molecular weight is 410 g/mol. The molecule has 1 aromatic rings. The Labute approximate surface area is 172 Å². The van der Waals surface area contributed by atoms with Gasteiger partial charge in [-0.2, -0.15) is 0 Å². The number of carbonyl (C=O) groups excluding carboxylic acids is 1. The summed E-state index contributed by atoms with van der Waals surface area (Å²) in [6, 6.07) is 4.03. The van der Waals surface area contributed by atoms with Crippen LogP contribution in [0.2, 0.25) is 5.02 Å². The maximum Gasteiger partial charge on any atom is 0.305 e. The first-order chi connectivity index (χ1) is 13.6. The van der Waals surface area contributed by atoms with E-state index in [-0.39, 0.29) is 5.97 Å². The molecule has 1 aromatic heterocycles. The van der Waals surface area contributed by atoms with E-state index in [2.05, 4.69) is 25.5 Å². The fourth-order valence-corrected chi connectivity index (χ4v) is 3.50. The minimum atomic E-state index is -0.0946. The molecule has 2 heterocycles. The Balaban J connectivity index is 1.60. The fourth-order valence-electron chi connectivity index (χ4n) is 3.26. The number of nitrogens with one attached hydrogen (secondary N) is 2. The van der Waals surface area contributed by atoms with Crippen LogP contribution >= 0.6 is 11.6 Å². The second-order valence-corrected chi connectivity index (χ2v) is 7.26. The first-order valence-electron chi connectivity index (χ1n) is 10.1. The van der Waals surface area contributed by atoms with Crippen LogP contribution in [-0.2, 0) is 9.53 Å². The average Bonchev–Trinajstić information content (AvgIpc) is 3.15. The number of esters is 1. The van der Waals surface area contributed by atoms with E-state index in [0.717, 1.165) is 63.5 Å². The summed E-state index contributed by atoms with van der Waals surface area (Å²) in [6.07, 6.45) is 7.36. The summed E-state index contributed by atoms with van der Waals surface area (Å²) < 4.78 is 4.93. The number of anilines is 1. The number of aromatic nitrogens is 1. The van der Waals surface area contributed by atoms with Crippen molar-refractivity contribution >= 4 is 29.3 Å². The summed E-state index contributed by atoms with van der Waals surface area (Å²) in [4.78, 5) is 22.2. The molecule has 28 heavy (non-hydrogen) atoms. The molecular weight excluding hydrogens is 378 g/mol. The van der Waals surface area contributed by atoms with Crippen molar-refractivity contribution in [1.29, 1.82) is 0 Å². The monoisotopic (exact) mass is 409 g/mol. The largest absolute Gasteiger partial charge is 0.466 e. The summed E-state index contributed by atoms with van der Waals surface area (Å²) in [7, 11) is 1.79. The zero-order valence-electron chi connectivity index (χ0n) is 16.9. The van der Waals surface area contributed by atoms with Gasteiger partial charge in [0.1, 0.15) is 5.82 Å². The van der Waals surface area contributed by atoms with Gasteiger partial charge in [-0.15, -0.1) is 0 Å². The third kappa shape index (κ3) is 7.54. The van der Waals surface area contributed by atoms with Crippen LogP contribution in [0.5, 0.6) is 0 Å². The minimum absolute atomic E-state index is 0.0946. The SMILES string of the molecule is CCOC(=O)CCCCCCNC(=NC)NC1CCN(c2ncccc2Cl)C1. The van der Waals surface area contributed by atoms with Crippen molar-refractivity contribution in [1.82, 2.24) is 15.6 Å². The Morgan fingerprint density at radius 3 is 2.96 bits per heavy atom. The molecule has 0 radical (unpaired) electrons. The van der Waals surface area contributed by atoms with Crippen LogP contribution in [0.25, 0.3) is 0 Å². The number of ether oxygens (including phenoxy) is 1. The molecule has 1 saturated heterocycles. The number of guanidine groups is 1. The van der Waals surface area contributed by atoms with Crippen LogP contribution in [0, 0.1) is 0 Å². The van der Waals surface area contributed by atoms with Crippen LogP contribution in [-0.4, -0.2) is 56.2 Å². The van der Waals surface area contributed by atoms with Gasteiger partial charge in [0.2, 0.25) is 0 Å². The van der Waals surface area contributed by atoms with E-state index in [4.69, 9.17) is 16.3 Å². The lowest BCUT2D eigenvalue weighted by atomic mass is 10.1. The van der Waals surface area contributed by atoms with Gasteiger partial charge in [-0.3, -0.25) is 9.79 Å². The van der Waals surface area contributed by atoms with E-state index in [9.17, 15) is 4.79 Å². The number of halogens is 1. The Morgan fingerprint density at radius 1 is 1.39 bits per heavy atom. The molecule has 2 N–H and O–H groups in total. The highest BCUT2D eigenvalue weighted by Crippen LogP contribution is 2.25. The number of unbranched alkanes of at least 4 members (excludes halogenated alkanes) is 3. The zero-order chi connectivity index (χ0) is 20.2. The van der Waals surface area contributed by atoms with E-state index in [1.807, 2.05) is 19.1 Å². The summed E-state index contributed by atoms with van der Waals surface area (Å²) >= 11 is 6.25. The summed E-state index contributed by atoms with van der Waals surface area (Å²) in [5.41, 5.74) is 0. The number of rotatable bonds is 10. The Morgan fingerprint density at radius 2 is 2.21 bits per heavy atom. The number of hydrogen-bond donors (Lipinski definition) is 2. The molecule has 0 amide bonds. The van der Waals surface area contributed by atoms with Crippen molar-refractivity contribution in [2.75, 3.05) is 38.2 Å². The molecule has 0 aliphatic carbocycles. The van der Waals surface area contributed by atoms with E-state index in [1.165, 1.54) is 0 Å². The number of aliphatic imine (C=N–C) groups is 1. The molecule has 1 atom stereocenters. The number of pyridine rings is 1. The molecule has 1 unspecified atom stereocenters. The second kappa shape index (κ2) is 12.4. The Bertz CT molecular complexity index is 641. The van der Waals surface area contributed by atoms with E-state index >= 15 is 0 Å². The van der Waals surface area contributed by atoms with Crippen LogP contribution in [0.4, 0.5) is 5.82 Å². The topological polar surface area (TPSA) is 78.8 Å². The number of carbonyl (C=O) groups is 1. The smallest absolute Gasteiger partial charge is 0.305 e. The number of nitrogens with zero attached hydrogens (tertiary/aromatic N) is 3. The van der Waals surface area contributed by atoms with Crippen LogP contribution in [0.15, 0.2) is 23.3 Å². The lowest BCUT2D eigenvalue weighted by Gasteiger charge is -2.20. The molecule has 0 aromatic carbocycles. The van der Waals surface area contributed by atoms with E-state index in [1.54, 1.807) is 13.2 Å². The quantitative estimate of drug-likeness (QED) is 0.267. The maximum atomic E-state index is 11.3. The minimum Gasteiger partial charge on any atom is -0.466 e. The van der Waals surface area contributed by atoms with Gasteiger partial charge in [0.25, 0.3) is 0 Å². The highest BCUT2D eigenvalue weighted by atomic mass is 35.5. The lowest BCUT2D eigenvalue weighted by molar-refractivity contribution is -0.143. The van der Waals surface area contributed by atoms with Gasteiger partial charge in [-0.05, 0) is 38.3 Å². The van der Waals surface area contributed by atoms with Crippen molar-refractivity contribution in [2.45, 2.75) is 51.5 Å². The fraction of sp³-hybridized carbons (Fsp3) is 0.650. The van der Waals surface area contributed by atoms with Crippen molar-refractivity contribution in [2.24, 2.45) is 4.99 Å². The van der Waals surface area contributed by atoms with Crippen LogP contribution < -0.4 is 15.5 Å².